The Morgan fingerprint density at radius 1 is 1.77 bits per heavy atom. The number of epoxide rings is 1. The molecule has 0 radical (unpaired) electrons. The van der Waals surface area contributed by atoms with E-state index in [1.807, 2.05) is 13.8 Å². The SMILES string of the molecule is C[C@@H](CBr)C(=O)OCCC1(C)CO1. The summed E-state index contributed by atoms with van der Waals surface area (Å²) < 4.78 is 10.2. The molecule has 1 rings (SSSR count). The van der Waals surface area contributed by atoms with Crippen molar-refractivity contribution >= 4 is 21.9 Å². The van der Waals surface area contributed by atoms with E-state index in [0.717, 1.165) is 13.0 Å². The standard InChI is InChI=1S/C9H15BrO3/c1-7(5-10)8(11)12-4-3-9(2)6-13-9/h7H,3-6H2,1-2H3/t7-,9?/m0/s1. The van der Waals surface area contributed by atoms with Gasteiger partial charge >= 0.3 is 5.97 Å². The quantitative estimate of drug-likeness (QED) is 0.424. The van der Waals surface area contributed by atoms with E-state index in [4.69, 9.17) is 9.47 Å². The second-order valence-corrected chi connectivity index (χ2v) is 4.36. The molecule has 1 unspecified atom stereocenters. The molecule has 0 N–H and O–H groups in total. The van der Waals surface area contributed by atoms with Gasteiger partial charge in [0.15, 0.2) is 0 Å². The predicted octanol–water partition coefficient (Wildman–Crippen LogP) is 1.74. The van der Waals surface area contributed by atoms with Gasteiger partial charge in [-0.3, -0.25) is 4.79 Å². The van der Waals surface area contributed by atoms with Crippen LogP contribution in [0, 0.1) is 5.92 Å². The lowest BCUT2D eigenvalue weighted by Gasteiger charge is -2.09. The number of ether oxygens (including phenoxy) is 2. The van der Waals surface area contributed by atoms with Crippen molar-refractivity contribution in [1.82, 2.24) is 0 Å². The smallest absolute Gasteiger partial charge is 0.309 e. The molecule has 13 heavy (non-hydrogen) atoms. The average molecular weight is 251 g/mol. The van der Waals surface area contributed by atoms with Crippen LogP contribution in [0.2, 0.25) is 0 Å². The number of hydrogen-bond acceptors (Lipinski definition) is 3. The highest BCUT2D eigenvalue weighted by atomic mass is 79.9. The Morgan fingerprint density at radius 3 is 2.85 bits per heavy atom. The van der Waals surface area contributed by atoms with Gasteiger partial charge in [-0.25, -0.2) is 0 Å². The molecular weight excluding hydrogens is 236 g/mol. The van der Waals surface area contributed by atoms with Crippen LogP contribution >= 0.6 is 15.9 Å². The summed E-state index contributed by atoms with van der Waals surface area (Å²) >= 11 is 3.23. The first-order chi connectivity index (χ1) is 6.07. The monoisotopic (exact) mass is 250 g/mol. The Bertz CT molecular complexity index is 189. The molecule has 1 heterocycles. The number of carbonyl (C=O) groups excluding carboxylic acids is 1. The predicted molar refractivity (Wildman–Crippen MR) is 52.9 cm³/mol. The molecule has 1 saturated heterocycles. The normalized spacial score (nSPS) is 28.2. The van der Waals surface area contributed by atoms with E-state index in [1.54, 1.807) is 0 Å². The molecule has 1 aliphatic rings. The van der Waals surface area contributed by atoms with E-state index < -0.39 is 0 Å². The molecular formula is C9H15BrO3. The van der Waals surface area contributed by atoms with E-state index in [1.165, 1.54) is 0 Å². The van der Waals surface area contributed by atoms with Gasteiger partial charge in [-0.2, -0.15) is 0 Å². The molecule has 3 nitrogen and oxygen atoms in total. The first kappa shape index (κ1) is 11.0. The average Bonchev–Trinajstić information content (AvgIpc) is 2.82. The van der Waals surface area contributed by atoms with Crippen LogP contribution in [-0.4, -0.2) is 30.1 Å². The van der Waals surface area contributed by atoms with Gasteiger partial charge in [0.1, 0.15) is 0 Å². The second-order valence-electron chi connectivity index (χ2n) is 3.71. The molecule has 1 fully saturated rings. The number of hydrogen-bond donors (Lipinski definition) is 0. The summed E-state index contributed by atoms with van der Waals surface area (Å²) in [4.78, 5) is 11.2. The molecule has 0 aromatic rings. The summed E-state index contributed by atoms with van der Waals surface area (Å²) in [5, 5.41) is 0.652. The Balaban J connectivity index is 2.08. The van der Waals surface area contributed by atoms with Crippen molar-refractivity contribution in [2.75, 3.05) is 18.5 Å². The Morgan fingerprint density at radius 2 is 2.38 bits per heavy atom. The fraction of sp³-hybridized carbons (Fsp3) is 0.889. The van der Waals surface area contributed by atoms with Crippen molar-refractivity contribution in [3.05, 3.63) is 0 Å². The van der Waals surface area contributed by atoms with Gasteiger partial charge in [-0.1, -0.05) is 22.9 Å². The lowest BCUT2D eigenvalue weighted by Crippen LogP contribution is -2.19. The Kier molecular flexibility index (Phi) is 3.74. The van der Waals surface area contributed by atoms with Gasteiger partial charge in [0.2, 0.25) is 0 Å². The summed E-state index contributed by atoms with van der Waals surface area (Å²) in [6, 6.07) is 0. The minimum absolute atomic E-state index is 0.0160. The first-order valence-corrected chi connectivity index (χ1v) is 5.56. The molecule has 0 amide bonds. The highest BCUT2D eigenvalue weighted by Crippen LogP contribution is 2.29. The third-order valence-electron chi connectivity index (χ3n) is 2.15. The van der Waals surface area contributed by atoms with Gasteiger partial charge in [-0.15, -0.1) is 0 Å². The summed E-state index contributed by atoms with van der Waals surface area (Å²) in [7, 11) is 0. The maximum atomic E-state index is 11.2. The highest BCUT2D eigenvalue weighted by Gasteiger charge is 2.38. The van der Waals surface area contributed by atoms with E-state index in [0.29, 0.717) is 11.9 Å². The lowest BCUT2D eigenvalue weighted by molar-refractivity contribution is -0.147. The van der Waals surface area contributed by atoms with Crippen LogP contribution in [0.5, 0.6) is 0 Å². The number of halogens is 1. The van der Waals surface area contributed by atoms with Crippen molar-refractivity contribution in [3.8, 4) is 0 Å². The topological polar surface area (TPSA) is 38.8 Å². The first-order valence-electron chi connectivity index (χ1n) is 4.44. The van der Waals surface area contributed by atoms with Crippen LogP contribution < -0.4 is 0 Å². The number of alkyl halides is 1. The third kappa shape index (κ3) is 3.65. The summed E-state index contributed by atoms with van der Waals surface area (Å²) in [6.07, 6.45) is 0.799. The third-order valence-corrected chi connectivity index (χ3v) is 3.12. The summed E-state index contributed by atoms with van der Waals surface area (Å²) in [5.74, 6) is -0.200. The fourth-order valence-electron chi connectivity index (χ4n) is 0.840. The van der Waals surface area contributed by atoms with Crippen LogP contribution in [0.15, 0.2) is 0 Å². The Labute approximate surface area is 86.9 Å². The minimum atomic E-state index is -0.138. The van der Waals surface area contributed by atoms with Crippen molar-refractivity contribution in [3.63, 3.8) is 0 Å². The fourth-order valence-corrected chi connectivity index (χ4v) is 1.10. The van der Waals surface area contributed by atoms with Gasteiger partial charge in [-0.05, 0) is 6.92 Å². The van der Waals surface area contributed by atoms with Gasteiger partial charge in [0, 0.05) is 11.8 Å². The van der Waals surface area contributed by atoms with Crippen molar-refractivity contribution in [2.24, 2.45) is 5.92 Å². The lowest BCUT2D eigenvalue weighted by atomic mass is 10.1. The number of rotatable bonds is 5. The minimum Gasteiger partial charge on any atom is -0.465 e. The maximum Gasteiger partial charge on any atom is 0.309 e. The van der Waals surface area contributed by atoms with Crippen LogP contribution in [-0.2, 0) is 14.3 Å². The molecule has 4 heteroatoms. The van der Waals surface area contributed by atoms with Gasteiger partial charge in [0.05, 0.1) is 24.7 Å². The molecule has 2 atom stereocenters. The molecule has 0 spiro atoms. The summed E-state index contributed by atoms with van der Waals surface area (Å²) in [6.45, 7) is 5.12. The number of esters is 1. The molecule has 1 aliphatic heterocycles. The zero-order valence-electron chi connectivity index (χ0n) is 8.01. The van der Waals surface area contributed by atoms with E-state index in [2.05, 4.69) is 15.9 Å². The highest BCUT2D eigenvalue weighted by molar-refractivity contribution is 9.09. The van der Waals surface area contributed by atoms with Crippen LogP contribution in [0.3, 0.4) is 0 Å². The number of carbonyl (C=O) groups is 1. The molecule has 76 valence electrons. The molecule has 0 aromatic heterocycles. The van der Waals surface area contributed by atoms with Crippen molar-refractivity contribution in [1.29, 1.82) is 0 Å². The van der Waals surface area contributed by atoms with Gasteiger partial charge < -0.3 is 9.47 Å². The van der Waals surface area contributed by atoms with Crippen molar-refractivity contribution < 1.29 is 14.3 Å². The molecule has 0 saturated carbocycles. The van der Waals surface area contributed by atoms with E-state index in [-0.39, 0.29) is 17.5 Å². The second kappa shape index (κ2) is 4.42. The molecule has 0 bridgehead atoms. The zero-order chi connectivity index (χ0) is 9.90. The van der Waals surface area contributed by atoms with Gasteiger partial charge in [0.25, 0.3) is 0 Å². The zero-order valence-corrected chi connectivity index (χ0v) is 9.59. The van der Waals surface area contributed by atoms with Crippen molar-refractivity contribution in [2.45, 2.75) is 25.9 Å². The maximum absolute atomic E-state index is 11.2. The van der Waals surface area contributed by atoms with E-state index in [9.17, 15) is 4.79 Å². The Hall–Kier alpha value is -0.0900. The van der Waals surface area contributed by atoms with E-state index >= 15 is 0 Å². The molecule has 0 aliphatic carbocycles. The van der Waals surface area contributed by atoms with Crippen LogP contribution in [0.4, 0.5) is 0 Å². The largest absolute Gasteiger partial charge is 0.465 e. The molecule has 0 aromatic carbocycles. The summed E-state index contributed by atoms with van der Waals surface area (Å²) in [5.41, 5.74) is -0.0160. The van der Waals surface area contributed by atoms with Crippen LogP contribution in [0.1, 0.15) is 20.3 Å². The van der Waals surface area contributed by atoms with Crippen LogP contribution in [0.25, 0.3) is 0 Å².